The van der Waals surface area contributed by atoms with E-state index in [1.807, 2.05) is 0 Å². The second-order valence-corrected chi connectivity index (χ2v) is 5.70. The fourth-order valence-corrected chi connectivity index (χ4v) is 2.76. The lowest BCUT2D eigenvalue weighted by Gasteiger charge is -2.13. The van der Waals surface area contributed by atoms with Crippen molar-refractivity contribution in [1.29, 1.82) is 0 Å². The fraction of sp³-hybridized carbons (Fsp3) is 0.278. The number of fused-ring (bicyclic) bond motifs is 1. The summed E-state index contributed by atoms with van der Waals surface area (Å²) in [7, 11) is 4.34. The Kier molecular flexibility index (Phi) is 6.62. The van der Waals surface area contributed by atoms with Gasteiger partial charge in [0.2, 0.25) is 5.78 Å². The molecular formula is C18H16N2O10. The van der Waals surface area contributed by atoms with Crippen LogP contribution in [-0.2, 0) is 30.2 Å². The molecule has 1 heterocycles. The summed E-state index contributed by atoms with van der Waals surface area (Å²) in [5.41, 5.74) is -1.80. The lowest BCUT2D eigenvalue weighted by molar-refractivity contribution is -0.383. The van der Waals surface area contributed by atoms with Gasteiger partial charge in [-0.15, -0.1) is 0 Å². The minimum absolute atomic E-state index is 0.0841. The van der Waals surface area contributed by atoms with E-state index in [-0.39, 0.29) is 33.5 Å². The predicted octanol–water partition coefficient (Wildman–Crippen LogP) is 1.01. The van der Waals surface area contributed by atoms with Gasteiger partial charge in [-0.25, -0.2) is 19.4 Å². The molecule has 12 nitrogen and oxygen atoms in total. The minimum atomic E-state index is -1.20. The molecule has 12 heteroatoms. The molecule has 30 heavy (non-hydrogen) atoms. The van der Waals surface area contributed by atoms with Crippen molar-refractivity contribution in [2.24, 2.45) is 0 Å². The van der Waals surface area contributed by atoms with Crippen LogP contribution >= 0.6 is 0 Å². The number of rotatable bonds is 7. The van der Waals surface area contributed by atoms with Crippen LogP contribution in [-0.4, -0.2) is 62.0 Å². The van der Waals surface area contributed by atoms with Gasteiger partial charge in [0.15, 0.2) is 0 Å². The summed E-state index contributed by atoms with van der Waals surface area (Å²) in [6, 6.07) is 2.09. The smallest absolute Gasteiger partial charge is 0.374 e. The van der Waals surface area contributed by atoms with Crippen LogP contribution in [0, 0.1) is 10.1 Å². The Morgan fingerprint density at radius 3 is 2.13 bits per heavy atom. The van der Waals surface area contributed by atoms with Gasteiger partial charge in [0.05, 0.1) is 44.3 Å². The number of esters is 3. The maximum absolute atomic E-state index is 12.3. The van der Waals surface area contributed by atoms with Gasteiger partial charge in [0.25, 0.3) is 5.69 Å². The zero-order chi connectivity index (χ0) is 22.6. The van der Waals surface area contributed by atoms with Crippen LogP contribution in [0.15, 0.2) is 12.1 Å². The summed E-state index contributed by atoms with van der Waals surface area (Å²) < 4.78 is 18.8. The molecule has 0 saturated heterocycles. The number of aromatic nitrogens is 1. The third-order valence-corrected chi connectivity index (χ3v) is 4.07. The number of pyridine rings is 1. The summed E-state index contributed by atoms with van der Waals surface area (Å²) in [6.45, 7) is 0. The molecule has 0 N–H and O–H groups in total. The van der Waals surface area contributed by atoms with Crippen molar-refractivity contribution in [3.8, 4) is 5.75 Å². The molecule has 158 valence electrons. The van der Waals surface area contributed by atoms with Gasteiger partial charge in [-0.2, -0.15) is 0 Å². The molecule has 0 radical (unpaired) electrons. The predicted molar refractivity (Wildman–Crippen MR) is 98.4 cm³/mol. The summed E-state index contributed by atoms with van der Waals surface area (Å²) in [6.07, 6.45) is -0.700. The van der Waals surface area contributed by atoms with Crippen LogP contribution in [0.3, 0.4) is 0 Å². The van der Waals surface area contributed by atoms with Crippen LogP contribution in [0.25, 0.3) is 10.9 Å². The second-order valence-electron chi connectivity index (χ2n) is 5.70. The van der Waals surface area contributed by atoms with Crippen molar-refractivity contribution in [2.75, 3.05) is 28.4 Å². The molecule has 2 aromatic rings. The van der Waals surface area contributed by atoms with Crippen molar-refractivity contribution >= 4 is 40.3 Å². The number of Topliss-reactive ketones (excluding diaryl/α,β-unsaturated/α-hetero) is 1. The van der Waals surface area contributed by atoms with Crippen molar-refractivity contribution in [1.82, 2.24) is 4.98 Å². The zero-order valence-corrected chi connectivity index (χ0v) is 16.3. The first kappa shape index (κ1) is 22.2. The lowest BCUT2D eigenvalue weighted by atomic mass is 9.98. The van der Waals surface area contributed by atoms with E-state index in [1.165, 1.54) is 7.11 Å². The topological polar surface area (TPSA) is 161 Å². The Hall–Kier alpha value is -4.09. The highest BCUT2D eigenvalue weighted by atomic mass is 16.6. The van der Waals surface area contributed by atoms with E-state index in [2.05, 4.69) is 19.2 Å². The van der Waals surface area contributed by atoms with Gasteiger partial charge < -0.3 is 18.9 Å². The molecule has 0 atom stereocenters. The van der Waals surface area contributed by atoms with Crippen LogP contribution in [0.1, 0.15) is 26.4 Å². The molecular weight excluding hydrogens is 404 g/mol. The number of nitro groups is 1. The number of nitro benzene ring substituents is 1. The molecule has 0 spiro atoms. The normalized spacial score (nSPS) is 10.3. The number of benzene rings is 1. The van der Waals surface area contributed by atoms with Crippen molar-refractivity contribution < 1.29 is 43.0 Å². The molecule has 1 aromatic heterocycles. The quantitative estimate of drug-likeness (QED) is 0.207. The number of carbonyl (C=O) groups excluding carboxylic acids is 4. The minimum Gasteiger partial charge on any atom is -0.494 e. The van der Waals surface area contributed by atoms with Gasteiger partial charge in [-0.05, 0) is 12.1 Å². The number of ketones is 1. The number of hydrogen-bond acceptors (Lipinski definition) is 11. The maximum Gasteiger partial charge on any atom is 0.374 e. The first-order chi connectivity index (χ1) is 14.2. The molecule has 0 unspecified atom stereocenters. The number of ether oxygens (including phenoxy) is 4. The van der Waals surface area contributed by atoms with Crippen molar-refractivity contribution in [2.45, 2.75) is 6.42 Å². The summed E-state index contributed by atoms with van der Waals surface area (Å²) in [5, 5.41) is 11.5. The van der Waals surface area contributed by atoms with E-state index >= 15 is 0 Å². The van der Waals surface area contributed by atoms with E-state index < -0.39 is 40.7 Å². The average molecular weight is 420 g/mol. The third-order valence-electron chi connectivity index (χ3n) is 4.07. The van der Waals surface area contributed by atoms with Crippen molar-refractivity contribution in [3.05, 3.63) is 39.1 Å². The van der Waals surface area contributed by atoms with E-state index in [0.29, 0.717) is 0 Å². The third kappa shape index (κ3) is 4.01. The van der Waals surface area contributed by atoms with Crippen LogP contribution in [0.2, 0.25) is 0 Å². The second kappa shape index (κ2) is 8.94. The Labute approximate surface area is 168 Å². The van der Waals surface area contributed by atoms with Gasteiger partial charge in [0.1, 0.15) is 17.0 Å². The molecule has 2 rings (SSSR count). The molecule has 0 aliphatic rings. The molecule has 0 aliphatic heterocycles. The molecule has 0 saturated carbocycles. The SMILES string of the molecule is COC(=O)C(=O)Cc1cc(OC)c2nc(C(=O)OC)cc(C(=O)OC)c2c1[N+](=O)[O-]. The van der Waals surface area contributed by atoms with Gasteiger partial charge >= 0.3 is 17.9 Å². The van der Waals surface area contributed by atoms with E-state index in [0.717, 1.165) is 33.5 Å². The highest BCUT2D eigenvalue weighted by Gasteiger charge is 2.31. The first-order valence-electron chi connectivity index (χ1n) is 8.16. The number of carbonyl (C=O) groups is 4. The van der Waals surface area contributed by atoms with E-state index in [4.69, 9.17) is 4.74 Å². The average Bonchev–Trinajstić information content (AvgIpc) is 2.75. The first-order valence-corrected chi connectivity index (χ1v) is 8.16. The van der Waals surface area contributed by atoms with Crippen LogP contribution in [0.5, 0.6) is 5.75 Å². The Morgan fingerprint density at radius 2 is 1.63 bits per heavy atom. The summed E-state index contributed by atoms with van der Waals surface area (Å²) >= 11 is 0. The van der Waals surface area contributed by atoms with Gasteiger partial charge in [-0.1, -0.05) is 0 Å². The maximum atomic E-state index is 12.3. The van der Waals surface area contributed by atoms with E-state index in [9.17, 15) is 29.3 Å². The van der Waals surface area contributed by atoms with Crippen molar-refractivity contribution in [3.63, 3.8) is 0 Å². The Balaban J connectivity index is 2.99. The lowest BCUT2D eigenvalue weighted by Crippen LogP contribution is -2.19. The summed E-state index contributed by atoms with van der Waals surface area (Å²) in [4.78, 5) is 62.8. The Bertz CT molecular complexity index is 1080. The molecule has 0 fully saturated rings. The zero-order valence-electron chi connectivity index (χ0n) is 16.3. The standard InChI is InChI=1S/C18H16N2O10/c1-27-12-6-8(5-11(21)18(24)30-4)15(20(25)26)13-9(16(22)28-2)7-10(17(23)29-3)19-14(12)13/h6-7H,5H2,1-4H3. The fourth-order valence-electron chi connectivity index (χ4n) is 2.76. The van der Waals surface area contributed by atoms with Crippen LogP contribution in [0.4, 0.5) is 5.69 Å². The number of nitrogens with zero attached hydrogens (tertiary/aromatic N) is 2. The number of hydrogen-bond donors (Lipinski definition) is 0. The highest BCUT2D eigenvalue weighted by molar-refractivity contribution is 6.34. The largest absolute Gasteiger partial charge is 0.494 e. The molecule has 0 amide bonds. The van der Waals surface area contributed by atoms with Gasteiger partial charge in [-0.3, -0.25) is 14.9 Å². The van der Waals surface area contributed by atoms with E-state index in [1.54, 1.807) is 0 Å². The summed E-state index contributed by atoms with van der Waals surface area (Å²) in [5.74, 6) is -4.25. The number of methoxy groups -OCH3 is 4. The highest BCUT2D eigenvalue weighted by Crippen LogP contribution is 2.38. The van der Waals surface area contributed by atoms with Gasteiger partial charge in [0, 0.05) is 12.0 Å². The monoisotopic (exact) mass is 420 g/mol. The molecule has 1 aromatic carbocycles. The van der Waals surface area contributed by atoms with Crippen LogP contribution < -0.4 is 4.74 Å². The Morgan fingerprint density at radius 1 is 1.00 bits per heavy atom. The molecule has 0 aliphatic carbocycles. The molecule has 0 bridgehead atoms.